The smallest absolute Gasteiger partial charge is 0.318 e. The fourth-order valence-corrected chi connectivity index (χ4v) is 2.65. The number of benzene rings is 2. The van der Waals surface area contributed by atoms with Crippen molar-refractivity contribution >= 4 is 6.03 Å². The first-order chi connectivity index (χ1) is 10.8. The molecule has 114 valence electrons. The lowest BCUT2D eigenvalue weighted by Gasteiger charge is -2.23. The average Bonchev–Trinajstić information content (AvgIpc) is 2.97. The fourth-order valence-electron chi connectivity index (χ4n) is 2.65. The molecule has 0 spiro atoms. The summed E-state index contributed by atoms with van der Waals surface area (Å²) in [5.41, 5.74) is 2.18. The van der Waals surface area contributed by atoms with E-state index >= 15 is 0 Å². The molecule has 1 N–H and O–H groups in total. The van der Waals surface area contributed by atoms with E-state index in [-0.39, 0.29) is 12.1 Å². The van der Waals surface area contributed by atoms with Gasteiger partial charge in [-0.3, -0.25) is 0 Å². The third-order valence-electron chi connectivity index (χ3n) is 3.88. The molecule has 0 aliphatic carbocycles. The van der Waals surface area contributed by atoms with Gasteiger partial charge in [-0.25, -0.2) is 4.79 Å². The van der Waals surface area contributed by atoms with Crippen molar-refractivity contribution in [1.82, 2.24) is 10.2 Å². The molecule has 2 amide bonds. The maximum atomic E-state index is 12.5. The summed E-state index contributed by atoms with van der Waals surface area (Å²) < 4.78 is 5.61. The van der Waals surface area contributed by atoms with E-state index in [1.54, 1.807) is 4.90 Å². The number of carbonyl (C=O) groups excluding carboxylic acids is 1. The summed E-state index contributed by atoms with van der Waals surface area (Å²) in [6.45, 7) is 3.75. The van der Waals surface area contributed by atoms with Crippen LogP contribution >= 0.6 is 0 Å². The van der Waals surface area contributed by atoms with Crippen molar-refractivity contribution in [1.29, 1.82) is 0 Å². The molecular weight excluding hydrogens is 276 g/mol. The molecule has 1 unspecified atom stereocenters. The maximum absolute atomic E-state index is 12.5. The van der Waals surface area contributed by atoms with Crippen LogP contribution in [0.2, 0.25) is 0 Å². The zero-order chi connectivity index (χ0) is 15.4. The Bertz CT molecular complexity index is 643. The van der Waals surface area contributed by atoms with E-state index in [2.05, 4.69) is 5.32 Å². The highest BCUT2D eigenvalue weighted by molar-refractivity contribution is 5.75. The SMILES string of the molecule is CCN(Cc1ccccc1)C(=O)NC1COc2ccccc21. The third-order valence-corrected chi connectivity index (χ3v) is 3.88. The van der Waals surface area contributed by atoms with Crippen molar-refractivity contribution in [2.45, 2.75) is 19.5 Å². The van der Waals surface area contributed by atoms with Gasteiger partial charge in [0.25, 0.3) is 0 Å². The number of urea groups is 1. The Morgan fingerprint density at radius 2 is 1.91 bits per heavy atom. The first-order valence-electron chi connectivity index (χ1n) is 7.59. The molecule has 4 nitrogen and oxygen atoms in total. The van der Waals surface area contributed by atoms with E-state index in [9.17, 15) is 4.79 Å². The van der Waals surface area contributed by atoms with E-state index in [0.29, 0.717) is 19.7 Å². The van der Waals surface area contributed by atoms with Crippen molar-refractivity contribution in [2.24, 2.45) is 0 Å². The Kier molecular flexibility index (Phi) is 4.28. The van der Waals surface area contributed by atoms with Crippen molar-refractivity contribution < 1.29 is 9.53 Å². The maximum Gasteiger partial charge on any atom is 0.318 e. The summed E-state index contributed by atoms with van der Waals surface area (Å²) in [7, 11) is 0. The molecule has 0 aromatic heterocycles. The summed E-state index contributed by atoms with van der Waals surface area (Å²) in [5.74, 6) is 0.860. The number of carbonyl (C=O) groups is 1. The minimum absolute atomic E-state index is 0.0587. The Hall–Kier alpha value is -2.49. The number of hydrogen-bond acceptors (Lipinski definition) is 2. The van der Waals surface area contributed by atoms with Crippen LogP contribution in [0.15, 0.2) is 54.6 Å². The van der Waals surface area contributed by atoms with E-state index in [1.165, 1.54) is 0 Å². The van der Waals surface area contributed by atoms with Crippen LogP contribution in [0, 0.1) is 0 Å². The van der Waals surface area contributed by atoms with Gasteiger partial charge in [0.2, 0.25) is 0 Å². The highest BCUT2D eigenvalue weighted by atomic mass is 16.5. The zero-order valence-electron chi connectivity index (χ0n) is 12.7. The number of nitrogens with one attached hydrogen (secondary N) is 1. The molecule has 0 radical (unpaired) electrons. The fraction of sp³-hybridized carbons (Fsp3) is 0.278. The number of amides is 2. The zero-order valence-corrected chi connectivity index (χ0v) is 12.7. The highest BCUT2D eigenvalue weighted by Crippen LogP contribution is 2.31. The largest absolute Gasteiger partial charge is 0.491 e. The second kappa shape index (κ2) is 6.52. The van der Waals surface area contributed by atoms with E-state index < -0.39 is 0 Å². The molecule has 22 heavy (non-hydrogen) atoms. The van der Waals surface area contributed by atoms with Gasteiger partial charge in [0.05, 0.1) is 6.04 Å². The summed E-state index contributed by atoms with van der Waals surface area (Å²) in [5, 5.41) is 3.07. The topological polar surface area (TPSA) is 41.6 Å². The minimum Gasteiger partial charge on any atom is -0.491 e. The number of nitrogens with zero attached hydrogens (tertiary/aromatic N) is 1. The molecular formula is C18H20N2O2. The second-order valence-electron chi connectivity index (χ2n) is 5.35. The molecule has 0 bridgehead atoms. The standard InChI is InChI=1S/C18H20N2O2/c1-2-20(12-14-8-4-3-5-9-14)18(21)19-16-13-22-17-11-7-6-10-15(16)17/h3-11,16H,2,12-13H2,1H3,(H,19,21). The molecule has 4 heteroatoms. The average molecular weight is 296 g/mol. The Balaban J connectivity index is 1.66. The van der Waals surface area contributed by atoms with Gasteiger partial charge < -0.3 is 15.0 Å². The molecule has 1 aliphatic heterocycles. The van der Waals surface area contributed by atoms with Crippen LogP contribution < -0.4 is 10.1 Å². The van der Waals surface area contributed by atoms with Gasteiger partial charge in [-0.05, 0) is 18.6 Å². The molecule has 3 rings (SSSR count). The van der Waals surface area contributed by atoms with Gasteiger partial charge >= 0.3 is 6.03 Å². The molecule has 1 heterocycles. The first-order valence-corrected chi connectivity index (χ1v) is 7.59. The molecule has 2 aromatic rings. The van der Waals surface area contributed by atoms with Crippen LogP contribution in [0.5, 0.6) is 5.75 Å². The van der Waals surface area contributed by atoms with Gasteiger partial charge in [-0.2, -0.15) is 0 Å². The molecule has 1 aliphatic rings. The van der Waals surface area contributed by atoms with Crippen molar-refractivity contribution in [3.63, 3.8) is 0 Å². The monoisotopic (exact) mass is 296 g/mol. The van der Waals surface area contributed by atoms with Crippen molar-refractivity contribution in [3.8, 4) is 5.75 Å². The molecule has 0 saturated heterocycles. The number of para-hydroxylation sites is 1. The number of rotatable bonds is 4. The number of hydrogen-bond donors (Lipinski definition) is 1. The van der Waals surface area contributed by atoms with Gasteiger partial charge in [0.15, 0.2) is 0 Å². The van der Waals surface area contributed by atoms with Crippen LogP contribution in [0.4, 0.5) is 4.79 Å². The van der Waals surface area contributed by atoms with Crippen LogP contribution in [-0.4, -0.2) is 24.1 Å². The van der Waals surface area contributed by atoms with Crippen LogP contribution in [0.3, 0.4) is 0 Å². The summed E-state index contributed by atoms with van der Waals surface area (Å²) in [6, 6.07) is 17.7. The number of fused-ring (bicyclic) bond motifs is 1. The Morgan fingerprint density at radius 1 is 1.18 bits per heavy atom. The van der Waals surface area contributed by atoms with Crippen LogP contribution in [0.1, 0.15) is 24.1 Å². The van der Waals surface area contributed by atoms with E-state index in [4.69, 9.17) is 4.74 Å². The quantitative estimate of drug-likeness (QED) is 0.940. The lowest BCUT2D eigenvalue weighted by Crippen LogP contribution is -2.41. The van der Waals surface area contributed by atoms with Gasteiger partial charge in [0, 0.05) is 18.7 Å². The van der Waals surface area contributed by atoms with Crippen molar-refractivity contribution in [3.05, 3.63) is 65.7 Å². The van der Waals surface area contributed by atoms with Gasteiger partial charge in [-0.1, -0.05) is 48.5 Å². The van der Waals surface area contributed by atoms with Crippen LogP contribution in [-0.2, 0) is 6.54 Å². The predicted octanol–water partition coefficient (Wildman–Crippen LogP) is 3.35. The lowest BCUT2D eigenvalue weighted by atomic mass is 10.1. The normalized spacial score (nSPS) is 15.8. The second-order valence-corrected chi connectivity index (χ2v) is 5.35. The summed E-state index contributed by atoms with van der Waals surface area (Å²) >= 11 is 0. The highest BCUT2D eigenvalue weighted by Gasteiger charge is 2.26. The van der Waals surface area contributed by atoms with Crippen LogP contribution in [0.25, 0.3) is 0 Å². The molecule has 1 atom stereocenters. The molecule has 2 aromatic carbocycles. The Morgan fingerprint density at radius 3 is 2.68 bits per heavy atom. The molecule has 0 fully saturated rings. The predicted molar refractivity (Wildman–Crippen MR) is 85.7 cm³/mol. The van der Waals surface area contributed by atoms with Gasteiger partial charge in [-0.15, -0.1) is 0 Å². The lowest BCUT2D eigenvalue weighted by molar-refractivity contribution is 0.190. The summed E-state index contributed by atoms with van der Waals surface area (Å²) in [6.07, 6.45) is 0. The Labute approximate surface area is 130 Å². The number of ether oxygens (including phenoxy) is 1. The van der Waals surface area contributed by atoms with Gasteiger partial charge in [0.1, 0.15) is 12.4 Å². The third kappa shape index (κ3) is 3.06. The first kappa shape index (κ1) is 14.4. The van der Waals surface area contributed by atoms with E-state index in [1.807, 2.05) is 61.5 Å². The summed E-state index contributed by atoms with van der Waals surface area (Å²) in [4.78, 5) is 14.3. The molecule has 0 saturated carbocycles. The van der Waals surface area contributed by atoms with E-state index in [0.717, 1.165) is 16.9 Å². The van der Waals surface area contributed by atoms with Crippen molar-refractivity contribution in [2.75, 3.05) is 13.2 Å². The minimum atomic E-state index is -0.0754.